The van der Waals surface area contributed by atoms with E-state index in [0.29, 0.717) is 11.2 Å². The summed E-state index contributed by atoms with van der Waals surface area (Å²) in [5.74, 6) is 0.0202. The van der Waals surface area contributed by atoms with E-state index in [4.69, 9.17) is 4.42 Å². The van der Waals surface area contributed by atoms with Crippen molar-refractivity contribution in [3.63, 3.8) is 0 Å². The van der Waals surface area contributed by atoms with E-state index in [1.54, 1.807) is 29.2 Å². The molecular weight excluding hydrogens is 354 g/mol. The van der Waals surface area contributed by atoms with Crippen LogP contribution in [0, 0.1) is 6.92 Å². The van der Waals surface area contributed by atoms with Crippen molar-refractivity contribution in [2.24, 2.45) is 0 Å². The molecule has 0 amide bonds. The molecule has 1 aromatic carbocycles. The Labute approximate surface area is 159 Å². The first-order valence-corrected chi connectivity index (χ1v) is 8.73. The molecule has 0 fully saturated rings. The van der Waals surface area contributed by atoms with Crippen LogP contribution >= 0.6 is 0 Å². The van der Waals surface area contributed by atoms with E-state index in [1.165, 1.54) is 12.5 Å². The number of fused-ring (bicyclic) bond motifs is 1. The Balaban J connectivity index is 1.62. The largest absolute Gasteiger partial charge is 0.461 e. The molecule has 5 aromatic rings. The van der Waals surface area contributed by atoms with Crippen LogP contribution in [0.1, 0.15) is 21.8 Å². The topological polar surface area (TPSA) is 78.2 Å². The molecule has 0 aliphatic carbocycles. The summed E-state index contributed by atoms with van der Waals surface area (Å²) >= 11 is 0. The van der Waals surface area contributed by atoms with Crippen LogP contribution in [-0.4, -0.2) is 29.9 Å². The molecule has 28 heavy (non-hydrogen) atoms. The van der Waals surface area contributed by atoms with Gasteiger partial charge in [0.2, 0.25) is 5.78 Å². The summed E-state index contributed by atoms with van der Waals surface area (Å²) in [6.07, 6.45) is 8.43. The third-order valence-electron chi connectivity index (χ3n) is 4.54. The Morgan fingerprint density at radius 1 is 1.11 bits per heavy atom. The Bertz CT molecular complexity index is 1300. The fourth-order valence-corrected chi connectivity index (χ4v) is 3.20. The molecule has 0 bridgehead atoms. The zero-order chi connectivity index (χ0) is 19.1. The van der Waals surface area contributed by atoms with Crippen molar-refractivity contribution in [1.82, 2.24) is 24.1 Å². The molecule has 7 nitrogen and oxygen atoms in total. The van der Waals surface area contributed by atoms with Crippen LogP contribution in [-0.2, 0) is 0 Å². The monoisotopic (exact) mass is 369 g/mol. The van der Waals surface area contributed by atoms with Gasteiger partial charge in [-0.2, -0.15) is 5.10 Å². The minimum atomic E-state index is -0.243. The number of furan rings is 1. The van der Waals surface area contributed by atoms with E-state index in [1.807, 2.05) is 48.0 Å². The lowest BCUT2D eigenvalue weighted by molar-refractivity contribution is 0.101. The Morgan fingerprint density at radius 3 is 2.82 bits per heavy atom. The van der Waals surface area contributed by atoms with Gasteiger partial charge in [-0.3, -0.25) is 4.79 Å². The van der Waals surface area contributed by atoms with Crippen molar-refractivity contribution in [1.29, 1.82) is 0 Å². The predicted molar refractivity (Wildman–Crippen MR) is 102 cm³/mol. The molecule has 0 saturated heterocycles. The maximum atomic E-state index is 12.7. The van der Waals surface area contributed by atoms with E-state index in [-0.39, 0.29) is 11.5 Å². The van der Waals surface area contributed by atoms with Crippen LogP contribution in [0.15, 0.2) is 78.1 Å². The van der Waals surface area contributed by atoms with Crippen molar-refractivity contribution >= 4 is 11.4 Å². The van der Waals surface area contributed by atoms with Crippen LogP contribution < -0.4 is 0 Å². The quantitative estimate of drug-likeness (QED) is 0.451. The van der Waals surface area contributed by atoms with E-state index in [9.17, 15) is 4.79 Å². The van der Waals surface area contributed by atoms with Crippen LogP contribution in [0.2, 0.25) is 0 Å². The summed E-state index contributed by atoms with van der Waals surface area (Å²) < 4.78 is 8.87. The third kappa shape index (κ3) is 2.61. The molecule has 4 heterocycles. The van der Waals surface area contributed by atoms with Crippen LogP contribution in [0.25, 0.3) is 22.6 Å². The molecule has 4 aromatic heterocycles. The van der Waals surface area contributed by atoms with Gasteiger partial charge in [-0.25, -0.2) is 14.5 Å². The van der Waals surface area contributed by atoms with Crippen molar-refractivity contribution in [3.8, 4) is 16.9 Å². The number of carbonyl (C=O) groups excluding carboxylic acids is 1. The van der Waals surface area contributed by atoms with Crippen molar-refractivity contribution in [2.75, 3.05) is 0 Å². The van der Waals surface area contributed by atoms with Gasteiger partial charge in [-0.1, -0.05) is 12.1 Å². The highest BCUT2D eigenvalue weighted by Gasteiger charge is 2.19. The lowest BCUT2D eigenvalue weighted by Crippen LogP contribution is -2.02. The fraction of sp³-hybridized carbons (Fsp3) is 0.0476. The maximum Gasteiger partial charge on any atom is 0.233 e. The summed E-state index contributed by atoms with van der Waals surface area (Å²) in [7, 11) is 0. The molecule has 0 atom stereocenters. The van der Waals surface area contributed by atoms with Crippen molar-refractivity contribution in [3.05, 3.63) is 90.7 Å². The van der Waals surface area contributed by atoms with Crippen LogP contribution in [0.3, 0.4) is 0 Å². The highest BCUT2D eigenvalue weighted by molar-refractivity contribution is 6.10. The van der Waals surface area contributed by atoms with E-state index in [0.717, 1.165) is 22.6 Å². The minimum absolute atomic E-state index is 0.243. The van der Waals surface area contributed by atoms with Crippen molar-refractivity contribution in [2.45, 2.75) is 6.92 Å². The normalized spacial score (nSPS) is 11.2. The lowest BCUT2D eigenvalue weighted by atomic mass is 10.1. The second kappa shape index (κ2) is 6.31. The van der Waals surface area contributed by atoms with Gasteiger partial charge in [-0.15, -0.1) is 0 Å². The van der Waals surface area contributed by atoms with Gasteiger partial charge in [0.1, 0.15) is 0 Å². The fourth-order valence-electron chi connectivity index (χ4n) is 3.20. The average Bonchev–Trinajstić information content (AvgIpc) is 3.47. The van der Waals surface area contributed by atoms with E-state index < -0.39 is 0 Å². The number of benzene rings is 1. The standard InChI is InChI=1S/C21H15N5O2/c1-14-12-25(13-23-14)16-5-2-4-15(10-16)18-7-8-22-21-17(11-24-26(18)21)20(27)19-6-3-9-28-19/h2-13H,1H3. The molecule has 7 heteroatoms. The van der Waals surface area contributed by atoms with Gasteiger partial charge in [-0.05, 0) is 37.3 Å². The van der Waals surface area contributed by atoms with Crippen molar-refractivity contribution < 1.29 is 9.21 Å². The molecule has 0 saturated carbocycles. The molecule has 136 valence electrons. The summed E-state index contributed by atoms with van der Waals surface area (Å²) in [4.78, 5) is 21.3. The number of imidazole rings is 1. The summed E-state index contributed by atoms with van der Waals surface area (Å²) in [5, 5.41) is 4.40. The highest BCUT2D eigenvalue weighted by Crippen LogP contribution is 2.24. The van der Waals surface area contributed by atoms with Gasteiger partial charge < -0.3 is 8.98 Å². The average molecular weight is 369 g/mol. The van der Waals surface area contributed by atoms with E-state index in [2.05, 4.69) is 15.1 Å². The lowest BCUT2D eigenvalue weighted by Gasteiger charge is -2.08. The number of hydrogen-bond donors (Lipinski definition) is 0. The second-order valence-corrected chi connectivity index (χ2v) is 6.40. The molecule has 0 unspecified atom stereocenters. The number of aromatic nitrogens is 5. The van der Waals surface area contributed by atoms with Crippen LogP contribution in [0.4, 0.5) is 0 Å². The maximum absolute atomic E-state index is 12.7. The van der Waals surface area contributed by atoms with Gasteiger partial charge >= 0.3 is 0 Å². The smallest absolute Gasteiger partial charge is 0.233 e. The van der Waals surface area contributed by atoms with Crippen LogP contribution in [0.5, 0.6) is 0 Å². The number of rotatable bonds is 4. The zero-order valence-corrected chi connectivity index (χ0v) is 15.0. The molecule has 0 N–H and O–H groups in total. The molecule has 5 rings (SSSR count). The first-order valence-electron chi connectivity index (χ1n) is 8.73. The Hall–Kier alpha value is -4.00. The number of carbonyl (C=O) groups is 1. The predicted octanol–water partition coefficient (Wildman–Crippen LogP) is 3.71. The van der Waals surface area contributed by atoms with Gasteiger partial charge in [0.05, 0.1) is 35.7 Å². The first-order chi connectivity index (χ1) is 13.7. The summed E-state index contributed by atoms with van der Waals surface area (Å²) in [5.41, 5.74) is 4.62. The highest BCUT2D eigenvalue weighted by atomic mass is 16.3. The SMILES string of the molecule is Cc1cn(-c2cccc(-c3ccnc4c(C(=O)c5ccco5)cnn34)c2)cn1. The number of hydrogen-bond acceptors (Lipinski definition) is 5. The molecule has 0 radical (unpaired) electrons. The second-order valence-electron chi connectivity index (χ2n) is 6.40. The molecule has 0 aliphatic heterocycles. The molecule has 0 aliphatic rings. The summed E-state index contributed by atoms with van der Waals surface area (Å²) in [6.45, 7) is 1.95. The third-order valence-corrected chi connectivity index (χ3v) is 4.54. The van der Waals surface area contributed by atoms with Gasteiger partial charge in [0.15, 0.2) is 11.4 Å². The summed E-state index contributed by atoms with van der Waals surface area (Å²) in [6, 6.07) is 13.2. The zero-order valence-electron chi connectivity index (χ0n) is 15.0. The van der Waals surface area contributed by atoms with E-state index >= 15 is 0 Å². The first kappa shape index (κ1) is 16.2. The van der Waals surface area contributed by atoms with Gasteiger partial charge in [0, 0.05) is 23.6 Å². The molecule has 0 spiro atoms. The number of nitrogens with zero attached hydrogens (tertiary/aromatic N) is 5. The van der Waals surface area contributed by atoms with Gasteiger partial charge in [0.25, 0.3) is 0 Å². The Kier molecular flexibility index (Phi) is 3.65. The minimum Gasteiger partial charge on any atom is -0.461 e. The Morgan fingerprint density at radius 2 is 2.04 bits per heavy atom. The number of ketones is 1. The molecular formula is C21H15N5O2. The number of aryl methyl sites for hydroxylation is 1.